The van der Waals surface area contributed by atoms with Gasteiger partial charge in [0.2, 0.25) is 5.95 Å². The summed E-state index contributed by atoms with van der Waals surface area (Å²) in [5.74, 6) is -0.299. The first-order valence-corrected chi connectivity index (χ1v) is 8.02. The van der Waals surface area contributed by atoms with Gasteiger partial charge in [-0.2, -0.15) is 4.98 Å². The fourth-order valence-electron chi connectivity index (χ4n) is 2.40. The topological polar surface area (TPSA) is 87.1 Å². The van der Waals surface area contributed by atoms with Gasteiger partial charge in [0, 0.05) is 18.4 Å². The summed E-state index contributed by atoms with van der Waals surface area (Å²) in [5, 5.41) is 15.1. The number of halogens is 1. The number of carbonyl (C=O) groups is 1. The molecule has 1 aromatic heterocycles. The Hall–Kier alpha value is -3.48. The van der Waals surface area contributed by atoms with Crippen molar-refractivity contribution in [1.82, 2.24) is 9.97 Å². The second-order valence-electron chi connectivity index (χ2n) is 5.54. The van der Waals surface area contributed by atoms with Crippen molar-refractivity contribution in [3.63, 3.8) is 0 Å². The monoisotopic (exact) mass is 352 g/mol. The summed E-state index contributed by atoms with van der Waals surface area (Å²) >= 11 is 0. The molecule has 0 spiro atoms. The number of nitrogens with one attached hydrogen (secondary N) is 2. The van der Waals surface area contributed by atoms with Crippen LogP contribution in [0.2, 0.25) is 0 Å². The van der Waals surface area contributed by atoms with Gasteiger partial charge in [0.1, 0.15) is 11.6 Å². The Morgan fingerprint density at radius 1 is 1.12 bits per heavy atom. The van der Waals surface area contributed by atoms with Gasteiger partial charge in [-0.25, -0.2) is 14.2 Å². The number of rotatable bonds is 7. The second kappa shape index (κ2) is 8.06. The minimum Gasteiger partial charge on any atom is -0.478 e. The first kappa shape index (κ1) is 17.3. The van der Waals surface area contributed by atoms with Gasteiger partial charge in [-0.1, -0.05) is 24.3 Å². The van der Waals surface area contributed by atoms with Crippen LogP contribution in [-0.2, 0) is 6.42 Å². The first-order valence-electron chi connectivity index (χ1n) is 8.02. The number of hydrogen-bond acceptors (Lipinski definition) is 5. The number of benzene rings is 2. The molecule has 0 unspecified atom stereocenters. The molecule has 0 aliphatic rings. The Morgan fingerprint density at radius 3 is 2.77 bits per heavy atom. The Labute approximate surface area is 149 Å². The molecule has 0 saturated heterocycles. The van der Waals surface area contributed by atoms with Crippen LogP contribution >= 0.6 is 0 Å². The highest BCUT2D eigenvalue weighted by Gasteiger charge is 2.05. The lowest BCUT2D eigenvalue weighted by molar-refractivity contribution is 0.0697. The van der Waals surface area contributed by atoms with Gasteiger partial charge in [-0.3, -0.25) is 0 Å². The number of anilines is 3. The molecule has 0 amide bonds. The highest BCUT2D eigenvalue weighted by atomic mass is 19.1. The zero-order valence-electron chi connectivity index (χ0n) is 13.8. The molecule has 1 heterocycles. The number of aromatic nitrogens is 2. The van der Waals surface area contributed by atoms with Crippen molar-refractivity contribution in [2.75, 3.05) is 17.2 Å². The average molecular weight is 352 g/mol. The molecule has 0 bridgehead atoms. The molecule has 3 N–H and O–H groups in total. The molecule has 0 atom stereocenters. The van der Waals surface area contributed by atoms with E-state index in [0.29, 0.717) is 36.0 Å². The van der Waals surface area contributed by atoms with Gasteiger partial charge >= 0.3 is 5.97 Å². The van der Waals surface area contributed by atoms with Crippen molar-refractivity contribution in [2.24, 2.45) is 0 Å². The molecule has 0 aliphatic heterocycles. The van der Waals surface area contributed by atoms with Gasteiger partial charge in [-0.15, -0.1) is 0 Å². The number of aromatic carboxylic acids is 1. The van der Waals surface area contributed by atoms with Crippen LogP contribution in [0.4, 0.5) is 21.8 Å². The molecule has 3 rings (SSSR count). The molecule has 0 radical (unpaired) electrons. The minimum absolute atomic E-state index is 0.187. The highest BCUT2D eigenvalue weighted by Crippen LogP contribution is 2.17. The molecule has 0 saturated carbocycles. The van der Waals surface area contributed by atoms with Crippen molar-refractivity contribution in [1.29, 1.82) is 0 Å². The molecule has 26 heavy (non-hydrogen) atoms. The lowest BCUT2D eigenvalue weighted by Crippen LogP contribution is -2.09. The standard InChI is InChI=1S/C19H17FN4O2/c20-16-7-2-1-4-13(16)8-10-21-19-22-11-9-17(24-19)23-15-6-3-5-14(12-15)18(25)26/h1-7,9,11-12H,8,10H2,(H,25,26)(H2,21,22,23,24). The second-order valence-corrected chi connectivity index (χ2v) is 5.54. The molecule has 7 heteroatoms. The van der Waals surface area contributed by atoms with E-state index in [1.807, 2.05) is 0 Å². The fourth-order valence-corrected chi connectivity index (χ4v) is 2.40. The summed E-state index contributed by atoms with van der Waals surface area (Å²) in [4.78, 5) is 19.5. The molecule has 3 aromatic rings. The van der Waals surface area contributed by atoms with E-state index in [2.05, 4.69) is 20.6 Å². The molecular formula is C19H17FN4O2. The summed E-state index contributed by atoms with van der Waals surface area (Å²) in [5.41, 5.74) is 1.42. The fraction of sp³-hybridized carbons (Fsp3) is 0.105. The van der Waals surface area contributed by atoms with E-state index in [1.165, 1.54) is 18.2 Å². The third kappa shape index (κ3) is 4.54. The largest absolute Gasteiger partial charge is 0.478 e. The Bertz CT molecular complexity index is 917. The summed E-state index contributed by atoms with van der Waals surface area (Å²) < 4.78 is 13.6. The Balaban J connectivity index is 1.62. The maximum atomic E-state index is 13.6. The summed E-state index contributed by atoms with van der Waals surface area (Å²) in [6, 6.07) is 14.7. The average Bonchev–Trinajstić information content (AvgIpc) is 2.64. The van der Waals surface area contributed by atoms with E-state index >= 15 is 0 Å². The van der Waals surface area contributed by atoms with Gasteiger partial charge in [0.15, 0.2) is 0 Å². The third-order valence-electron chi connectivity index (χ3n) is 3.67. The maximum absolute atomic E-state index is 13.6. The summed E-state index contributed by atoms with van der Waals surface area (Å²) in [6.45, 7) is 0.485. The lowest BCUT2D eigenvalue weighted by atomic mass is 10.1. The number of carboxylic acids is 1. The van der Waals surface area contributed by atoms with Crippen LogP contribution in [0, 0.1) is 5.82 Å². The van der Waals surface area contributed by atoms with Crippen LogP contribution in [0.25, 0.3) is 0 Å². The SMILES string of the molecule is O=C(O)c1cccc(Nc2ccnc(NCCc3ccccc3F)n2)c1. The van der Waals surface area contributed by atoms with Crippen LogP contribution in [0.15, 0.2) is 60.8 Å². The number of carboxylic acid groups (broad SMARTS) is 1. The van der Waals surface area contributed by atoms with Crippen molar-refractivity contribution in [3.05, 3.63) is 77.7 Å². The summed E-state index contributed by atoms with van der Waals surface area (Å²) in [6.07, 6.45) is 2.09. The van der Waals surface area contributed by atoms with E-state index in [-0.39, 0.29) is 11.4 Å². The molecular weight excluding hydrogens is 335 g/mol. The molecule has 2 aromatic carbocycles. The zero-order chi connectivity index (χ0) is 18.4. The smallest absolute Gasteiger partial charge is 0.335 e. The number of nitrogens with zero attached hydrogens (tertiary/aromatic N) is 2. The predicted molar refractivity (Wildman–Crippen MR) is 97.3 cm³/mol. The Morgan fingerprint density at radius 2 is 1.96 bits per heavy atom. The zero-order valence-corrected chi connectivity index (χ0v) is 13.8. The molecule has 6 nitrogen and oxygen atoms in total. The van der Waals surface area contributed by atoms with Crippen molar-refractivity contribution in [2.45, 2.75) is 6.42 Å². The van der Waals surface area contributed by atoms with Gasteiger partial charge < -0.3 is 15.7 Å². The van der Waals surface area contributed by atoms with Crippen molar-refractivity contribution >= 4 is 23.4 Å². The van der Waals surface area contributed by atoms with Crippen LogP contribution < -0.4 is 10.6 Å². The highest BCUT2D eigenvalue weighted by molar-refractivity contribution is 5.89. The summed E-state index contributed by atoms with van der Waals surface area (Å²) in [7, 11) is 0. The van der Waals surface area contributed by atoms with E-state index in [1.54, 1.807) is 42.6 Å². The third-order valence-corrected chi connectivity index (χ3v) is 3.67. The maximum Gasteiger partial charge on any atom is 0.335 e. The van der Waals surface area contributed by atoms with Crippen LogP contribution in [0.3, 0.4) is 0 Å². The van der Waals surface area contributed by atoms with Crippen LogP contribution in [-0.4, -0.2) is 27.6 Å². The predicted octanol–water partition coefficient (Wildman–Crippen LogP) is 3.71. The van der Waals surface area contributed by atoms with Crippen molar-refractivity contribution < 1.29 is 14.3 Å². The van der Waals surface area contributed by atoms with E-state index < -0.39 is 5.97 Å². The van der Waals surface area contributed by atoms with Crippen molar-refractivity contribution in [3.8, 4) is 0 Å². The lowest BCUT2D eigenvalue weighted by Gasteiger charge is -2.09. The minimum atomic E-state index is -0.994. The van der Waals surface area contributed by atoms with Crippen LogP contribution in [0.5, 0.6) is 0 Å². The van der Waals surface area contributed by atoms with E-state index in [0.717, 1.165) is 0 Å². The van der Waals surface area contributed by atoms with Gasteiger partial charge in [0.05, 0.1) is 5.56 Å². The normalized spacial score (nSPS) is 10.3. The molecule has 0 aliphatic carbocycles. The van der Waals surface area contributed by atoms with E-state index in [4.69, 9.17) is 5.11 Å². The van der Waals surface area contributed by atoms with E-state index in [9.17, 15) is 9.18 Å². The van der Waals surface area contributed by atoms with Gasteiger partial charge in [-0.05, 0) is 42.3 Å². The van der Waals surface area contributed by atoms with Gasteiger partial charge in [0.25, 0.3) is 0 Å². The quantitative estimate of drug-likeness (QED) is 0.601. The number of hydrogen-bond donors (Lipinski definition) is 3. The molecule has 0 fully saturated rings. The Kier molecular flexibility index (Phi) is 5.38. The first-order chi connectivity index (χ1) is 12.6. The molecule has 132 valence electrons. The van der Waals surface area contributed by atoms with Crippen LogP contribution in [0.1, 0.15) is 15.9 Å².